The van der Waals surface area contributed by atoms with Crippen molar-refractivity contribution in [1.29, 1.82) is 0 Å². The van der Waals surface area contributed by atoms with Crippen LogP contribution in [0, 0.1) is 0 Å². The van der Waals surface area contributed by atoms with Gasteiger partial charge in [-0.1, -0.05) is 44.0 Å². The first-order valence-corrected chi connectivity index (χ1v) is 8.51. The van der Waals surface area contributed by atoms with Crippen LogP contribution in [0.1, 0.15) is 31.9 Å². The Labute approximate surface area is 191 Å². The number of rotatable bonds is 1. The number of pyridine rings is 1. The van der Waals surface area contributed by atoms with Crippen molar-refractivity contribution < 1.29 is 45.9 Å². The fraction of sp³-hybridized carbons (Fsp3) is 0.294. The first kappa shape index (κ1) is 26.3. The molecule has 0 saturated carbocycles. The summed E-state index contributed by atoms with van der Waals surface area (Å²) in [7, 11) is 0. The van der Waals surface area contributed by atoms with E-state index in [2.05, 4.69) is 41.4 Å². The molecule has 2 aromatic heterocycles. The average molecular weight is 493 g/mol. The van der Waals surface area contributed by atoms with E-state index in [1.807, 2.05) is 6.07 Å². The van der Waals surface area contributed by atoms with E-state index in [0.717, 1.165) is 10.4 Å². The molecule has 0 unspecified atom stereocenters. The maximum Gasteiger partial charge on any atom is 0.407 e. The summed E-state index contributed by atoms with van der Waals surface area (Å²) in [5, 5.41) is 0.387. The standard InChI is InChI=1S/C8H7ClF3N.C6H4N3S.C3H8.Y/c9-6-3-1-5(2-4-6)7(13)8(10,11)12;10-4-1-5-6(7-2-4)9-3-8-5;1-3-2;/h1-4,7H,13H2;1-3H,(H-,7,8,9,10);3H2,1-2H3;/q;-1;;/t7-;;;/m1.../s1. The van der Waals surface area contributed by atoms with Gasteiger partial charge in [0.25, 0.3) is 0 Å². The molecule has 2 N–H and O–H groups in total. The summed E-state index contributed by atoms with van der Waals surface area (Å²) in [5.41, 5.74) is 6.44. The van der Waals surface area contributed by atoms with E-state index in [-0.39, 0.29) is 38.3 Å². The van der Waals surface area contributed by atoms with Gasteiger partial charge in [0, 0.05) is 53.8 Å². The molecule has 0 fully saturated rings. The van der Waals surface area contributed by atoms with Gasteiger partial charge in [0.2, 0.25) is 0 Å². The van der Waals surface area contributed by atoms with E-state index in [4.69, 9.17) is 17.3 Å². The van der Waals surface area contributed by atoms with Crippen molar-refractivity contribution in [3.05, 3.63) is 53.4 Å². The van der Waals surface area contributed by atoms with Crippen molar-refractivity contribution in [2.24, 2.45) is 5.73 Å². The molecule has 0 amide bonds. The van der Waals surface area contributed by atoms with Gasteiger partial charge < -0.3 is 20.7 Å². The number of nitrogens with two attached hydrogens (primary N) is 1. The predicted octanol–water partition coefficient (Wildman–Crippen LogP) is 5.19. The number of imidazole rings is 1. The van der Waals surface area contributed by atoms with Crippen LogP contribution in [-0.4, -0.2) is 16.1 Å². The van der Waals surface area contributed by atoms with Crippen LogP contribution in [0.5, 0.6) is 0 Å². The molecule has 0 spiro atoms. The third-order valence-corrected chi connectivity index (χ3v) is 3.29. The number of halogens is 4. The molecule has 1 radical (unpaired) electrons. The summed E-state index contributed by atoms with van der Waals surface area (Å²) in [5.74, 6) is 0. The van der Waals surface area contributed by atoms with Gasteiger partial charge in [-0.2, -0.15) is 13.2 Å². The van der Waals surface area contributed by atoms with Gasteiger partial charge in [0.05, 0.1) is 0 Å². The third kappa shape index (κ3) is 9.39. The Hall–Kier alpha value is -0.666. The van der Waals surface area contributed by atoms with Gasteiger partial charge in [-0.25, -0.2) is 0 Å². The van der Waals surface area contributed by atoms with E-state index in [1.165, 1.54) is 37.0 Å². The Bertz CT molecular complexity index is 797. The van der Waals surface area contributed by atoms with Gasteiger partial charge in [-0.05, 0) is 36.3 Å². The second-order valence-corrected chi connectivity index (χ2v) is 6.14. The van der Waals surface area contributed by atoms with Gasteiger partial charge in [-0.15, -0.1) is 12.6 Å². The molecule has 3 rings (SSSR count). The Balaban J connectivity index is 0.000000431. The zero-order chi connectivity index (χ0) is 19.7. The Morgan fingerprint density at radius 2 is 1.74 bits per heavy atom. The average Bonchev–Trinajstić information content (AvgIpc) is 3.03. The maximum atomic E-state index is 12.1. The second kappa shape index (κ2) is 12.7. The quantitative estimate of drug-likeness (QED) is 0.459. The number of benzene rings is 1. The van der Waals surface area contributed by atoms with Crippen LogP contribution in [-0.2, 0) is 32.7 Å². The van der Waals surface area contributed by atoms with Crippen LogP contribution in [0.2, 0.25) is 5.02 Å². The topological polar surface area (TPSA) is 65.9 Å². The van der Waals surface area contributed by atoms with E-state index < -0.39 is 12.2 Å². The van der Waals surface area contributed by atoms with E-state index >= 15 is 0 Å². The number of aromatic nitrogens is 3. The van der Waals surface area contributed by atoms with Crippen molar-refractivity contribution >= 4 is 35.4 Å². The normalized spacial score (nSPS) is 11.4. The van der Waals surface area contributed by atoms with Crippen molar-refractivity contribution in [2.45, 2.75) is 37.4 Å². The Morgan fingerprint density at radius 3 is 2.26 bits per heavy atom. The first-order valence-electron chi connectivity index (χ1n) is 7.69. The van der Waals surface area contributed by atoms with Crippen molar-refractivity contribution in [1.82, 2.24) is 15.0 Å². The fourth-order valence-electron chi connectivity index (χ4n) is 1.63. The zero-order valence-electron chi connectivity index (χ0n) is 14.8. The predicted molar refractivity (Wildman–Crippen MR) is 101 cm³/mol. The van der Waals surface area contributed by atoms with Crippen LogP contribution in [0.25, 0.3) is 11.2 Å². The van der Waals surface area contributed by atoms with Gasteiger partial charge >= 0.3 is 6.18 Å². The van der Waals surface area contributed by atoms with Crippen LogP contribution in [0.15, 0.2) is 47.8 Å². The number of thiol groups is 1. The molecule has 2 heterocycles. The van der Waals surface area contributed by atoms with Crippen LogP contribution in [0.3, 0.4) is 0 Å². The van der Waals surface area contributed by atoms with Crippen LogP contribution < -0.4 is 10.7 Å². The molecule has 145 valence electrons. The van der Waals surface area contributed by atoms with Crippen molar-refractivity contribution in [3.8, 4) is 0 Å². The summed E-state index contributed by atoms with van der Waals surface area (Å²) in [6.45, 7) is 4.25. The number of hydrogen-bond donors (Lipinski definition) is 2. The molecule has 1 atom stereocenters. The number of fused-ring (bicyclic) bond motifs is 1. The largest absolute Gasteiger partial charge is 0.407 e. The van der Waals surface area contributed by atoms with E-state index in [0.29, 0.717) is 10.7 Å². The monoisotopic (exact) mass is 492 g/mol. The minimum atomic E-state index is -4.41. The summed E-state index contributed by atoms with van der Waals surface area (Å²) in [6.07, 6.45) is -0.0150. The zero-order valence-corrected chi connectivity index (χ0v) is 19.3. The fourth-order valence-corrected chi connectivity index (χ4v) is 1.94. The van der Waals surface area contributed by atoms with E-state index in [1.54, 1.807) is 6.20 Å². The molecule has 27 heavy (non-hydrogen) atoms. The van der Waals surface area contributed by atoms with Crippen molar-refractivity contribution in [3.63, 3.8) is 0 Å². The third-order valence-electron chi connectivity index (χ3n) is 2.79. The molecule has 0 aliphatic carbocycles. The summed E-state index contributed by atoms with van der Waals surface area (Å²) >= 11 is 9.61. The van der Waals surface area contributed by atoms with Gasteiger partial charge in [0.1, 0.15) is 6.04 Å². The van der Waals surface area contributed by atoms with Gasteiger partial charge in [0.15, 0.2) is 0 Å². The molecule has 10 heteroatoms. The second-order valence-electron chi connectivity index (χ2n) is 5.19. The van der Waals surface area contributed by atoms with Gasteiger partial charge in [-0.3, -0.25) is 0 Å². The molecular formula is C17H19ClF3N4SY-. The number of nitrogens with zero attached hydrogens (tertiary/aromatic N) is 3. The summed E-state index contributed by atoms with van der Waals surface area (Å²) in [6, 6.07) is 5.18. The molecule has 3 aromatic rings. The first-order chi connectivity index (χ1) is 12.2. The number of alkyl halides is 3. The smallest absolute Gasteiger partial charge is 0.368 e. The minimum absolute atomic E-state index is 0. The molecule has 1 aromatic carbocycles. The summed E-state index contributed by atoms with van der Waals surface area (Å²) in [4.78, 5) is 12.7. The maximum absolute atomic E-state index is 12.1. The molecule has 0 bridgehead atoms. The van der Waals surface area contributed by atoms with Crippen LogP contribution >= 0.6 is 24.2 Å². The van der Waals surface area contributed by atoms with E-state index in [9.17, 15) is 13.2 Å². The number of hydrogen-bond acceptors (Lipinski definition) is 4. The molecule has 0 aliphatic rings. The molecular weight excluding hydrogens is 474 g/mol. The SMILES string of the molecule is CCC.N[C@H](c1ccc(Cl)cc1)C(F)(F)F.Sc1cnc2[n-]cnc2c1.[Y]. The molecule has 0 saturated heterocycles. The minimum Gasteiger partial charge on any atom is -0.368 e. The Morgan fingerprint density at radius 1 is 1.19 bits per heavy atom. The Kier molecular flexibility index (Phi) is 12.4. The molecule has 0 aliphatic heterocycles. The van der Waals surface area contributed by atoms with Crippen molar-refractivity contribution in [2.75, 3.05) is 0 Å². The van der Waals surface area contributed by atoms with Crippen LogP contribution in [0.4, 0.5) is 13.2 Å². The summed E-state index contributed by atoms with van der Waals surface area (Å²) < 4.78 is 36.2. The molecule has 4 nitrogen and oxygen atoms in total.